The molecule has 0 spiro atoms. The first-order valence-corrected chi connectivity index (χ1v) is 9.36. The van der Waals surface area contributed by atoms with Crippen LogP contribution in [0.4, 0.5) is 0 Å². The van der Waals surface area contributed by atoms with Gasteiger partial charge in [0.2, 0.25) is 0 Å². The standard InChI is InChI=1S/C14H25Br3O2/c1-18-10-13(11-19-2,8-9-14(15,16)17)12-6-4-3-5-7-12/h12H,3-11H2,1-2H3. The maximum atomic E-state index is 5.55. The normalized spacial score (nSPS) is 18.8. The largest absolute Gasteiger partial charge is 0.384 e. The van der Waals surface area contributed by atoms with E-state index in [1.807, 2.05) is 0 Å². The Bertz CT molecular complexity index is 242. The second-order valence-corrected chi connectivity index (χ2v) is 12.9. The quantitative estimate of drug-likeness (QED) is 0.465. The average molecular weight is 465 g/mol. The molecule has 0 aromatic rings. The van der Waals surface area contributed by atoms with Gasteiger partial charge in [-0.15, -0.1) is 0 Å². The van der Waals surface area contributed by atoms with Crippen LogP contribution in [-0.4, -0.2) is 29.6 Å². The second kappa shape index (κ2) is 8.72. The number of hydrogen-bond acceptors (Lipinski definition) is 2. The van der Waals surface area contributed by atoms with Gasteiger partial charge in [0.05, 0.1) is 13.2 Å². The van der Waals surface area contributed by atoms with Gasteiger partial charge in [0.1, 0.15) is 2.14 Å². The van der Waals surface area contributed by atoms with Crippen molar-refractivity contribution in [3.63, 3.8) is 0 Å². The smallest absolute Gasteiger partial charge is 0.135 e. The summed E-state index contributed by atoms with van der Waals surface area (Å²) in [5.41, 5.74) is 0.143. The van der Waals surface area contributed by atoms with Crippen LogP contribution in [-0.2, 0) is 9.47 Å². The highest BCUT2D eigenvalue weighted by Crippen LogP contribution is 2.47. The summed E-state index contributed by atoms with van der Waals surface area (Å²) in [5.74, 6) is 0.719. The van der Waals surface area contributed by atoms with Gasteiger partial charge >= 0.3 is 0 Å². The third-order valence-corrected chi connectivity index (χ3v) is 5.43. The molecule has 0 unspecified atom stereocenters. The van der Waals surface area contributed by atoms with E-state index in [0.717, 1.165) is 32.0 Å². The van der Waals surface area contributed by atoms with Crippen molar-refractivity contribution in [1.82, 2.24) is 0 Å². The van der Waals surface area contributed by atoms with Crippen molar-refractivity contribution in [3.05, 3.63) is 0 Å². The van der Waals surface area contributed by atoms with Crippen molar-refractivity contribution in [3.8, 4) is 0 Å². The first kappa shape index (κ1) is 18.4. The molecule has 0 aromatic heterocycles. The topological polar surface area (TPSA) is 18.5 Å². The lowest BCUT2D eigenvalue weighted by atomic mass is 9.67. The molecule has 0 amide bonds. The lowest BCUT2D eigenvalue weighted by Crippen LogP contribution is -2.41. The zero-order valence-electron chi connectivity index (χ0n) is 11.9. The molecule has 1 saturated carbocycles. The van der Waals surface area contributed by atoms with Crippen LogP contribution in [0.1, 0.15) is 44.9 Å². The molecule has 114 valence electrons. The summed E-state index contributed by atoms with van der Waals surface area (Å²) in [5, 5.41) is 0. The molecule has 0 aliphatic heterocycles. The summed E-state index contributed by atoms with van der Waals surface area (Å²) < 4.78 is 10.9. The number of rotatable bonds is 7. The molecule has 0 N–H and O–H groups in total. The average Bonchev–Trinajstić information content (AvgIpc) is 2.37. The lowest BCUT2D eigenvalue weighted by molar-refractivity contribution is -0.0468. The Morgan fingerprint density at radius 3 is 1.84 bits per heavy atom. The first-order valence-electron chi connectivity index (χ1n) is 6.98. The molecule has 1 aliphatic carbocycles. The summed E-state index contributed by atoms with van der Waals surface area (Å²) in [7, 11) is 3.60. The fourth-order valence-electron chi connectivity index (χ4n) is 3.31. The van der Waals surface area contributed by atoms with Crippen LogP contribution in [0.25, 0.3) is 0 Å². The second-order valence-electron chi connectivity index (χ2n) is 5.68. The minimum absolute atomic E-state index is 0.143. The van der Waals surface area contributed by atoms with Crippen LogP contribution >= 0.6 is 47.8 Å². The molecule has 0 bridgehead atoms. The fourth-order valence-corrected chi connectivity index (χ4v) is 3.90. The van der Waals surface area contributed by atoms with Gasteiger partial charge in [0, 0.05) is 19.6 Å². The van der Waals surface area contributed by atoms with E-state index < -0.39 is 0 Å². The molecule has 0 aromatic carbocycles. The van der Waals surface area contributed by atoms with Gasteiger partial charge in [-0.1, -0.05) is 67.1 Å². The monoisotopic (exact) mass is 462 g/mol. The van der Waals surface area contributed by atoms with Gasteiger partial charge < -0.3 is 9.47 Å². The minimum atomic E-state index is -0.172. The molecule has 5 heteroatoms. The lowest BCUT2D eigenvalue weighted by Gasteiger charge is -2.42. The molecule has 0 heterocycles. The molecular formula is C14H25Br3O2. The van der Waals surface area contributed by atoms with Gasteiger partial charge in [0.25, 0.3) is 0 Å². The first-order chi connectivity index (χ1) is 8.93. The third-order valence-electron chi connectivity index (χ3n) is 4.24. The molecule has 19 heavy (non-hydrogen) atoms. The Hall–Kier alpha value is 1.36. The molecule has 2 nitrogen and oxygen atoms in total. The van der Waals surface area contributed by atoms with Crippen molar-refractivity contribution < 1.29 is 9.47 Å². The van der Waals surface area contributed by atoms with Gasteiger partial charge in [-0.25, -0.2) is 0 Å². The van der Waals surface area contributed by atoms with Crippen molar-refractivity contribution >= 4 is 47.8 Å². The highest BCUT2D eigenvalue weighted by atomic mass is 80.0. The van der Waals surface area contributed by atoms with Crippen LogP contribution in [0.15, 0.2) is 0 Å². The summed E-state index contributed by atoms with van der Waals surface area (Å²) >= 11 is 10.8. The number of ether oxygens (including phenoxy) is 2. The van der Waals surface area contributed by atoms with Crippen LogP contribution in [0.5, 0.6) is 0 Å². The van der Waals surface area contributed by atoms with Crippen LogP contribution in [0.3, 0.4) is 0 Å². The maximum Gasteiger partial charge on any atom is 0.135 e. The van der Waals surface area contributed by atoms with Gasteiger partial charge in [0.15, 0.2) is 0 Å². The van der Waals surface area contributed by atoms with Gasteiger partial charge in [-0.2, -0.15) is 0 Å². The van der Waals surface area contributed by atoms with E-state index >= 15 is 0 Å². The Morgan fingerprint density at radius 1 is 0.895 bits per heavy atom. The molecular weight excluding hydrogens is 440 g/mol. The van der Waals surface area contributed by atoms with Crippen LogP contribution < -0.4 is 0 Å². The third kappa shape index (κ3) is 6.33. The molecule has 1 aliphatic rings. The van der Waals surface area contributed by atoms with E-state index in [1.54, 1.807) is 14.2 Å². The zero-order chi connectivity index (χ0) is 14.4. The summed E-state index contributed by atoms with van der Waals surface area (Å²) in [6.45, 7) is 1.57. The van der Waals surface area contributed by atoms with Crippen molar-refractivity contribution in [1.29, 1.82) is 0 Å². The molecule has 1 rings (SSSR count). The van der Waals surface area contributed by atoms with Crippen LogP contribution in [0.2, 0.25) is 0 Å². The fraction of sp³-hybridized carbons (Fsp3) is 1.00. The number of halogens is 3. The SMILES string of the molecule is COCC(CCC(Br)(Br)Br)(COC)C1CCCCC1. The molecule has 0 saturated heterocycles. The van der Waals surface area contributed by atoms with E-state index in [1.165, 1.54) is 32.1 Å². The van der Waals surface area contributed by atoms with E-state index in [2.05, 4.69) is 47.8 Å². The Morgan fingerprint density at radius 2 is 1.42 bits per heavy atom. The maximum absolute atomic E-state index is 5.55. The van der Waals surface area contributed by atoms with Gasteiger partial charge in [-0.05, 0) is 31.6 Å². The predicted molar refractivity (Wildman–Crippen MR) is 91.5 cm³/mol. The summed E-state index contributed by atoms with van der Waals surface area (Å²) in [6, 6.07) is 0. The highest BCUT2D eigenvalue weighted by molar-refractivity contribution is 9.39. The van der Waals surface area contributed by atoms with E-state index in [9.17, 15) is 0 Å². The predicted octanol–water partition coefficient (Wildman–Crippen LogP) is 5.46. The minimum Gasteiger partial charge on any atom is -0.384 e. The van der Waals surface area contributed by atoms with E-state index in [0.29, 0.717) is 0 Å². The van der Waals surface area contributed by atoms with E-state index in [-0.39, 0.29) is 7.56 Å². The number of alkyl halides is 3. The van der Waals surface area contributed by atoms with Crippen molar-refractivity contribution in [2.45, 2.75) is 47.1 Å². The number of hydrogen-bond donors (Lipinski definition) is 0. The Labute approximate surface area is 142 Å². The Balaban J connectivity index is 2.78. The van der Waals surface area contributed by atoms with E-state index in [4.69, 9.17) is 9.47 Å². The van der Waals surface area contributed by atoms with Crippen molar-refractivity contribution in [2.24, 2.45) is 11.3 Å². The number of methoxy groups -OCH3 is 2. The zero-order valence-corrected chi connectivity index (χ0v) is 16.6. The Kier molecular flexibility index (Phi) is 8.45. The summed E-state index contributed by atoms with van der Waals surface area (Å²) in [6.07, 6.45) is 8.78. The molecule has 0 atom stereocenters. The molecule has 1 fully saturated rings. The highest BCUT2D eigenvalue weighted by Gasteiger charge is 2.40. The van der Waals surface area contributed by atoms with Crippen LogP contribution in [0, 0.1) is 11.3 Å². The summed E-state index contributed by atoms with van der Waals surface area (Å²) in [4.78, 5) is 0. The van der Waals surface area contributed by atoms with Crippen molar-refractivity contribution in [2.75, 3.05) is 27.4 Å². The molecule has 0 radical (unpaired) electrons. The van der Waals surface area contributed by atoms with Gasteiger partial charge in [-0.3, -0.25) is 0 Å².